The van der Waals surface area contributed by atoms with Crippen LogP contribution in [0, 0.1) is 11.6 Å². The first-order valence-electron chi connectivity index (χ1n) is 7.02. The Kier molecular flexibility index (Phi) is 4.95. The lowest BCUT2D eigenvalue weighted by Gasteiger charge is -2.26. The molecule has 1 aromatic rings. The fourth-order valence-corrected chi connectivity index (χ4v) is 2.58. The van der Waals surface area contributed by atoms with E-state index in [9.17, 15) is 18.4 Å². The van der Waals surface area contributed by atoms with E-state index in [0.29, 0.717) is 13.0 Å². The molecule has 0 bridgehead atoms. The summed E-state index contributed by atoms with van der Waals surface area (Å²) in [6, 6.07) is 2.69. The molecule has 0 aromatic heterocycles. The largest absolute Gasteiger partial charge is 0.481 e. The number of halogens is 2. The number of carbonyl (C=O) groups is 2. The molecule has 1 aromatic carbocycles. The highest BCUT2D eigenvalue weighted by Crippen LogP contribution is 2.23. The molecule has 2 unspecified atom stereocenters. The number of likely N-dealkylation sites (tertiary alicyclic amines) is 1. The molecule has 0 saturated carbocycles. The number of rotatable bonds is 5. The summed E-state index contributed by atoms with van der Waals surface area (Å²) in [5, 5.41) is 8.86. The number of aliphatic carboxylic acids is 1. The van der Waals surface area contributed by atoms with Gasteiger partial charge in [-0.1, -0.05) is 0 Å². The SMILES string of the molecule is CC(Oc1ccc(F)c(F)c1)C(=O)N1CCCC1CC(=O)O. The van der Waals surface area contributed by atoms with E-state index in [1.54, 1.807) is 0 Å². The summed E-state index contributed by atoms with van der Waals surface area (Å²) in [7, 11) is 0. The van der Waals surface area contributed by atoms with E-state index < -0.39 is 23.7 Å². The van der Waals surface area contributed by atoms with E-state index in [1.807, 2.05) is 0 Å². The van der Waals surface area contributed by atoms with Crippen LogP contribution in [0.1, 0.15) is 26.2 Å². The van der Waals surface area contributed by atoms with Gasteiger partial charge in [0.15, 0.2) is 17.7 Å². The third-order valence-corrected chi connectivity index (χ3v) is 3.62. The Morgan fingerprint density at radius 1 is 1.41 bits per heavy atom. The maximum absolute atomic E-state index is 13.1. The van der Waals surface area contributed by atoms with Gasteiger partial charge in [0.25, 0.3) is 5.91 Å². The van der Waals surface area contributed by atoms with Crippen LogP contribution in [-0.2, 0) is 9.59 Å². The van der Waals surface area contributed by atoms with Crippen molar-refractivity contribution in [1.29, 1.82) is 0 Å². The van der Waals surface area contributed by atoms with Gasteiger partial charge in [-0.05, 0) is 31.9 Å². The number of amides is 1. The van der Waals surface area contributed by atoms with Crippen LogP contribution in [0.3, 0.4) is 0 Å². The molecule has 1 N–H and O–H groups in total. The monoisotopic (exact) mass is 313 g/mol. The van der Waals surface area contributed by atoms with E-state index >= 15 is 0 Å². The van der Waals surface area contributed by atoms with E-state index in [4.69, 9.17) is 9.84 Å². The standard InChI is InChI=1S/C15H17F2NO4/c1-9(22-11-4-5-12(16)13(17)8-11)15(21)18-6-2-3-10(18)7-14(19)20/h4-5,8-10H,2-3,6-7H2,1H3,(H,19,20). The van der Waals surface area contributed by atoms with Crippen molar-refractivity contribution in [2.24, 2.45) is 0 Å². The molecule has 0 spiro atoms. The van der Waals surface area contributed by atoms with Crippen molar-refractivity contribution in [3.63, 3.8) is 0 Å². The lowest BCUT2D eigenvalue weighted by molar-refractivity contribution is -0.142. The summed E-state index contributed by atoms with van der Waals surface area (Å²) < 4.78 is 31.3. The van der Waals surface area contributed by atoms with Crippen molar-refractivity contribution in [1.82, 2.24) is 4.90 Å². The molecular weight excluding hydrogens is 296 g/mol. The molecule has 1 fully saturated rings. The molecule has 1 saturated heterocycles. The van der Waals surface area contributed by atoms with Crippen molar-refractivity contribution in [2.75, 3.05) is 6.54 Å². The van der Waals surface area contributed by atoms with Gasteiger partial charge in [-0.15, -0.1) is 0 Å². The van der Waals surface area contributed by atoms with Crippen LogP contribution in [0.25, 0.3) is 0 Å². The Bertz CT molecular complexity index is 579. The molecule has 2 rings (SSSR count). The topological polar surface area (TPSA) is 66.8 Å². The maximum Gasteiger partial charge on any atom is 0.305 e. The highest BCUT2D eigenvalue weighted by atomic mass is 19.2. The van der Waals surface area contributed by atoms with Gasteiger partial charge in [-0.2, -0.15) is 0 Å². The Labute approximate surface area is 126 Å². The number of carboxylic acid groups (broad SMARTS) is 1. The van der Waals surface area contributed by atoms with Crippen molar-refractivity contribution < 1.29 is 28.2 Å². The van der Waals surface area contributed by atoms with Crippen molar-refractivity contribution in [3.8, 4) is 5.75 Å². The van der Waals surface area contributed by atoms with Crippen LogP contribution in [-0.4, -0.2) is 40.6 Å². The predicted molar refractivity (Wildman–Crippen MR) is 73.4 cm³/mol. The van der Waals surface area contributed by atoms with Gasteiger partial charge < -0.3 is 14.7 Å². The molecule has 2 atom stereocenters. The number of hydrogen-bond donors (Lipinski definition) is 1. The molecule has 1 aliphatic heterocycles. The number of nitrogens with zero attached hydrogens (tertiary/aromatic N) is 1. The van der Waals surface area contributed by atoms with Crippen molar-refractivity contribution in [3.05, 3.63) is 29.8 Å². The highest BCUT2D eigenvalue weighted by Gasteiger charge is 2.33. The highest BCUT2D eigenvalue weighted by molar-refractivity contribution is 5.82. The Balaban J connectivity index is 2.01. The summed E-state index contributed by atoms with van der Waals surface area (Å²) in [5.74, 6) is -3.31. The van der Waals surface area contributed by atoms with Crippen molar-refractivity contribution >= 4 is 11.9 Å². The number of carbonyl (C=O) groups excluding carboxylic acids is 1. The second kappa shape index (κ2) is 6.72. The molecule has 1 amide bonds. The minimum Gasteiger partial charge on any atom is -0.481 e. The molecule has 7 heteroatoms. The summed E-state index contributed by atoms with van der Waals surface area (Å²) in [6.07, 6.45) is 0.362. The third-order valence-electron chi connectivity index (χ3n) is 3.62. The quantitative estimate of drug-likeness (QED) is 0.905. The number of carboxylic acids is 1. The van der Waals surface area contributed by atoms with Crippen LogP contribution in [0.15, 0.2) is 18.2 Å². The first-order chi connectivity index (χ1) is 10.4. The maximum atomic E-state index is 13.1. The van der Waals surface area contributed by atoms with Crippen LogP contribution in [0.5, 0.6) is 5.75 Å². The minimum absolute atomic E-state index is 0.0498. The number of benzene rings is 1. The lowest BCUT2D eigenvalue weighted by Crippen LogP contribution is -2.43. The minimum atomic E-state index is -1.05. The van der Waals surface area contributed by atoms with E-state index in [1.165, 1.54) is 17.9 Å². The first-order valence-corrected chi connectivity index (χ1v) is 7.02. The van der Waals surface area contributed by atoms with Gasteiger partial charge in [0.05, 0.1) is 6.42 Å². The Morgan fingerprint density at radius 3 is 2.77 bits per heavy atom. The van der Waals surface area contributed by atoms with Gasteiger partial charge in [0.2, 0.25) is 0 Å². The average molecular weight is 313 g/mol. The van der Waals surface area contributed by atoms with Crippen LogP contribution in [0.2, 0.25) is 0 Å². The van der Waals surface area contributed by atoms with E-state index in [-0.39, 0.29) is 24.1 Å². The Hall–Kier alpha value is -2.18. The lowest BCUT2D eigenvalue weighted by atomic mass is 10.1. The predicted octanol–water partition coefficient (Wildman–Crippen LogP) is 2.20. The summed E-state index contributed by atoms with van der Waals surface area (Å²) in [6.45, 7) is 1.97. The average Bonchev–Trinajstić information content (AvgIpc) is 2.89. The van der Waals surface area contributed by atoms with E-state index in [0.717, 1.165) is 18.6 Å². The molecule has 1 heterocycles. The van der Waals surface area contributed by atoms with Crippen LogP contribution < -0.4 is 4.74 Å². The van der Waals surface area contributed by atoms with Gasteiger partial charge in [-0.25, -0.2) is 8.78 Å². The first kappa shape index (κ1) is 16.2. The molecule has 0 radical (unpaired) electrons. The van der Waals surface area contributed by atoms with Gasteiger partial charge in [-0.3, -0.25) is 9.59 Å². The van der Waals surface area contributed by atoms with Crippen LogP contribution in [0.4, 0.5) is 8.78 Å². The zero-order chi connectivity index (χ0) is 16.3. The zero-order valence-electron chi connectivity index (χ0n) is 12.1. The molecule has 0 aliphatic carbocycles. The molecular formula is C15H17F2NO4. The van der Waals surface area contributed by atoms with E-state index in [2.05, 4.69) is 0 Å². The fourth-order valence-electron chi connectivity index (χ4n) is 2.58. The molecule has 22 heavy (non-hydrogen) atoms. The van der Waals surface area contributed by atoms with Crippen molar-refractivity contribution in [2.45, 2.75) is 38.3 Å². The van der Waals surface area contributed by atoms with Gasteiger partial charge >= 0.3 is 5.97 Å². The number of hydrogen-bond acceptors (Lipinski definition) is 3. The second-order valence-corrected chi connectivity index (χ2v) is 5.26. The van der Waals surface area contributed by atoms with Gasteiger partial charge in [0.1, 0.15) is 5.75 Å². The number of ether oxygens (including phenoxy) is 1. The zero-order valence-corrected chi connectivity index (χ0v) is 12.1. The normalized spacial score (nSPS) is 19.0. The third kappa shape index (κ3) is 3.72. The Morgan fingerprint density at radius 2 is 2.14 bits per heavy atom. The smallest absolute Gasteiger partial charge is 0.305 e. The van der Waals surface area contributed by atoms with Gasteiger partial charge in [0, 0.05) is 18.7 Å². The van der Waals surface area contributed by atoms with Crippen LogP contribution >= 0.6 is 0 Å². The fraction of sp³-hybridized carbons (Fsp3) is 0.467. The molecule has 1 aliphatic rings. The molecule has 120 valence electrons. The summed E-state index contributed by atoms with van der Waals surface area (Å²) in [5.41, 5.74) is 0. The second-order valence-electron chi connectivity index (χ2n) is 5.26. The molecule has 5 nitrogen and oxygen atoms in total. The summed E-state index contributed by atoms with van der Waals surface area (Å²) in [4.78, 5) is 24.6. The summed E-state index contributed by atoms with van der Waals surface area (Å²) >= 11 is 0.